The summed E-state index contributed by atoms with van der Waals surface area (Å²) in [6.45, 7) is -0.0389. The smallest absolute Gasteiger partial charge is 0.355 e. The predicted molar refractivity (Wildman–Crippen MR) is 296 cm³/mol. The third-order valence-corrected chi connectivity index (χ3v) is 15.3. The SMILES string of the molecule is COc1ccc(COC(=O)C2=C(/C=C\CCl)CS[C@@H]3[C@H](NC(=O)/C(=N/OC(c4ccccc4)(c4ccccc4)c4ccccc4)c4csc(NC(c5ccccc5)(c5ccccc5)c5ccccc5)n4)C(=O)N23)cc1. The van der Waals surface area contributed by atoms with Crippen LogP contribution in [0.15, 0.2) is 240 Å². The lowest BCUT2D eigenvalue weighted by Crippen LogP contribution is -2.71. The maximum atomic E-state index is 15.3. The molecule has 10 rings (SSSR count). The van der Waals surface area contributed by atoms with Gasteiger partial charge in [-0.2, -0.15) is 0 Å². The number of thioether (sulfide) groups is 1. The highest BCUT2D eigenvalue weighted by Crippen LogP contribution is 2.44. The van der Waals surface area contributed by atoms with E-state index in [4.69, 9.17) is 36.1 Å². The number of thiazole rings is 1. The molecule has 1 aromatic heterocycles. The summed E-state index contributed by atoms with van der Waals surface area (Å²) in [6.07, 6.45) is 3.44. The molecule has 2 aliphatic rings. The van der Waals surface area contributed by atoms with Crippen LogP contribution >= 0.6 is 34.7 Å². The number of amides is 2. The second-order valence-corrected chi connectivity index (χ2v) is 19.8. The summed E-state index contributed by atoms with van der Waals surface area (Å²) in [6, 6.07) is 65.6. The van der Waals surface area contributed by atoms with Crippen LogP contribution < -0.4 is 15.4 Å². The first-order valence-corrected chi connectivity index (χ1v) is 26.6. The highest BCUT2D eigenvalue weighted by atomic mass is 35.5. The van der Waals surface area contributed by atoms with Gasteiger partial charge < -0.3 is 24.9 Å². The normalized spacial score (nSPS) is 15.7. The number of carbonyl (C=O) groups excluding carboxylic acids is 3. The summed E-state index contributed by atoms with van der Waals surface area (Å²) in [5.41, 5.74) is 4.28. The van der Waals surface area contributed by atoms with Crippen molar-refractivity contribution in [3.63, 3.8) is 0 Å². The van der Waals surface area contributed by atoms with Gasteiger partial charge >= 0.3 is 5.97 Å². The van der Waals surface area contributed by atoms with E-state index in [1.165, 1.54) is 28.0 Å². The number of aromatic nitrogens is 1. The number of oxime groups is 1. The Bertz CT molecular complexity index is 3150. The van der Waals surface area contributed by atoms with Gasteiger partial charge in [-0.25, -0.2) is 9.78 Å². The molecule has 75 heavy (non-hydrogen) atoms. The molecule has 7 aromatic carbocycles. The minimum atomic E-state index is -1.36. The number of halogens is 1. The zero-order valence-corrected chi connectivity index (χ0v) is 43.0. The van der Waals surface area contributed by atoms with Crippen LogP contribution in [0.1, 0.15) is 44.6 Å². The van der Waals surface area contributed by atoms with Gasteiger partial charge in [-0.05, 0) is 40.0 Å². The average Bonchev–Trinajstić information content (AvgIpc) is 3.96. The van der Waals surface area contributed by atoms with Crippen molar-refractivity contribution in [2.24, 2.45) is 5.16 Å². The second kappa shape index (κ2) is 22.9. The van der Waals surface area contributed by atoms with Gasteiger partial charge in [-0.15, -0.1) is 34.7 Å². The molecule has 0 saturated carbocycles. The fourth-order valence-corrected chi connectivity index (χ4v) is 11.6. The summed E-state index contributed by atoms with van der Waals surface area (Å²) in [5, 5.41) is 13.2. The number of esters is 1. The molecule has 0 spiro atoms. The summed E-state index contributed by atoms with van der Waals surface area (Å²) in [7, 11) is 1.58. The van der Waals surface area contributed by atoms with E-state index in [9.17, 15) is 9.59 Å². The van der Waals surface area contributed by atoms with E-state index in [-0.39, 0.29) is 29.6 Å². The largest absolute Gasteiger partial charge is 0.497 e. The maximum Gasteiger partial charge on any atom is 0.355 e. The number of methoxy groups -OCH3 is 1. The first kappa shape index (κ1) is 50.3. The van der Waals surface area contributed by atoms with E-state index in [0.717, 1.165) is 38.9 Å². The van der Waals surface area contributed by atoms with Crippen LogP contribution in [0.5, 0.6) is 5.75 Å². The van der Waals surface area contributed by atoms with E-state index in [0.29, 0.717) is 22.2 Å². The molecule has 374 valence electrons. The van der Waals surface area contributed by atoms with Gasteiger partial charge in [0.15, 0.2) is 10.8 Å². The summed E-state index contributed by atoms with van der Waals surface area (Å²) in [5.74, 6) is -0.694. The Morgan fingerprint density at radius 1 is 0.720 bits per heavy atom. The fourth-order valence-electron chi connectivity index (χ4n) is 9.47. The van der Waals surface area contributed by atoms with Gasteiger partial charge in [-0.3, -0.25) is 14.5 Å². The Morgan fingerprint density at radius 2 is 1.21 bits per heavy atom. The molecule has 0 radical (unpaired) electrons. The molecule has 0 bridgehead atoms. The van der Waals surface area contributed by atoms with Crippen molar-refractivity contribution in [1.82, 2.24) is 15.2 Å². The lowest BCUT2D eigenvalue weighted by Gasteiger charge is -2.49. The van der Waals surface area contributed by atoms with E-state index in [1.54, 1.807) is 48.9 Å². The van der Waals surface area contributed by atoms with Crippen LogP contribution in [0.4, 0.5) is 5.13 Å². The topological polar surface area (TPSA) is 131 Å². The number of carbonyl (C=O) groups is 3. The van der Waals surface area contributed by atoms with Gasteiger partial charge in [0.25, 0.3) is 11.8 Å². The van der Waals surface area contributed by atoms with Crippen LogP contribution in [0, 0.1) is 0 Å². The van der Waals surface area contributed by atoms with Gasteiger partial charge in [-0.1, -0.05) is 211 Å². The Morgan fingerprint density at radius 3 is 1.69 bits per heavy atom. The van der Waals surface area contributed by atoms with E-state index >= 15 is 4.79 Å². The highest BCUT2D eigenvalue weighted by molar-refractivity contribution is 8.00. The molecule has 11 nitrogen and oxygen atoms in total. The van der Waals surface area contributed by atoms with Crippen molar-refractivity contribution < 1.29 is 28.7 Å². The van der Waals surface area contributed by atoms with Crippen LogP contribution in [0.2, 0.25) is 0 Å². The Balaban J connectivity index is 1.04. The third-order valence-electron chi connectivity index (χ3n) is 13.1. The van der Waals surface area contributed by atoms with Gasteiger partial charge in [0.2, 0.25) is 5.60 Å². The van der Waals surface area contributed by atoms with E-state index < -0.39 is 40.3 Å². The number of hydrogen-bond acceptors (Lipinski definition) is 11. The Kier molecular flexibility index (Phi) is 15.4. The molecule has 2 aliphatic heterocycles. The van der Waals surface area contributed by atoms with Gasteiger partial charge in [0.05, 0.1) is 7.11 Å². The molecule has 2 atom stereocenters. The third kappa shape index (κ3) is 10.2. The molecule has 2 amide bonds. The number of ether oxygens (including phenoxy) is 2. The van der Waals surface area contributed by atoms with Gasteiger partial charge in [0, 0.05) is 33.7 Å². The zero-order chi connectivity index (χ0) is 51.6. The first-order valence-electron chi connectivity index (χ1n) is 24.2. The monoisotopic (exact) mass is 1050 g/mol. The average molecular weight is 1050 g/mol. The Hall–Kier alpha value is -8.23. The number of β-lactam (4-membered cyclic amide) rings is 1. The number of hydrogen-bond donors (Lipinski definition) is 2. The molecule has 14 heteroatoms. The van der Waals surface area contributed by atoms with E-state index in [1.807, 2.05) is 146 Å². The molecular weight excluding hydrogens is 998 g/mol. The van der Waals surface area contributed by atoms with E-state index in [2.05, 4.69) is 47.0 Å². The number of fused-ring (bicyclic) bond motifs is 1. The standard InChI is InChI=1S/C61H50ClN5O6S2/c1-71-50-36-34-42(35-37-50)39-72-58(70)54-43(21-20-38-62)40-74-57-53(56(69)67(54)57)64-55(68)52(66-73-61(47-28-14-5-15-29-47,48-30-16-6-17-31-48)49-32-18-7-19-33-49)51-41-75-59(63-51)65-60(44-22-8-2-9-23-44,45-24-10-3-11-25-45)46-26-12-4-13-27-46/h2-37,41,53,57H,38-40H2,1H3,(H,63,65)(H,64,68)/b21-20-,66-52+/t53-,57-/m1/s1. The fraction of sp³-hybridized carbons (Fsp3) is 0.131. The minimum Gasteiger partial charge on any atom is -0.497 e. The first-order chi connectivity index (χ1) is 36.8. The molecular formula is C61H50ClN5O6S2. The number of allylic oxidation sites excluding steroid dienone is 2. The molecule has 0 unspecified atom stereocenters. The quantitative estimate of drug-likeness (QED) is 0.0203. The van der Waals surface area contributed by atoms with Crippen molar-refractivity contribution >= 4 is 63.3 Å². The van der Waals surface area contributed by atoms with Crippen LogP contribution in [-0.4, -0.2) is 63.5 Å². The van der Waals surface area contributed by atoms with Crippen molar-refractivity contribution in [2.75, 3.05) is 24.1 Å². The molecule has 0 aliphatic carbocycles. The lowest BCUT2D eigenvalue weighted by atomic mass is 9.77. The van der Waals surface area contributed by atoms with Crippen molar-refractivity contribution in [1.29, 1.82) is 0 Å². The number of nitrogens with zero attached hydrogens (tertiary/aromatic N) is 3. The lowest BCUT2D eigenvalue weighted by molar-refractivity contribution is -0.153. The van der Waals surface area contributed by atoms with Crippen LogP contribution in [0.25, 0.3) is 0 Å². The highest BCUT2D eigenvalue weighted by Gasteiger charge is 2.55. The molecule has 2 N–H and O–H groups in total. The van der Waals surface area contributed by atoms with Crippen molar-refractivity contribution in [3.05, 3.63) is 280 Å². The zero-order valence-electron chi connectivity index (χ0n) is 40.6. The van der Waals surface area contributed by atoms with Crippen LogP contribution in [0.3, 0.4) is 0 Å². The summed E-state index contributed by atoms with van der Waals surface area (Å²) < 4.78 is 11.1. The Labute approximate surface area is 448 Å². The molecule has 1 saturated heterocycles. The van der Waals surface area contributed by atoms with Gasteiger partial charge in [0.1, 0.15) is 40.7 Å². The minimum absolute atomic E-state index is 0.0389. The number of rotatable bonds is 19. The summed E-state index contributed by atoms with van der Waals surface area (Å²) in [4.78, 5) is 57.3. The molecule has 8 aromatic rings. The van der Waals surface area contributed by atoms with Crippen molar-refractivity contribution in [3.8, 4) is 5.75 Å². The second-order valence-electron chi connectivity index (χ2n) is 17.5. The number of anilines is 1. The van der Waals surface area contributed by atoms with Crippen LogP contribution in [-0.2, 0) is 41.7 Å². The predicted octanol–water partition coefficient (Wildman–Crippen LogP) is 11.5. The number of nitrogens with one attached hydrogen (secondary N) is 2. The molecule has 1 fully saturated rings. The molecule has 3 heterocycles. The summed E-state index contributed by atoms with van der Waals surface area (Å²) >= 11 is 8.77. The maximum absolute atomic E-state index is 15.3. The number of benzene rings is 7. The number of alkyl halides is 1. The van der Waals surface area contributed by atoms with Crippen molar-refractivity contribution in [2.45, 2.75) is 29.2 Å².